The number of benzene rings is 2. The molecule has 2 aromatic rings. The molecule has 0 radical (unpaired) electrons. The molecule has 0 atom stereocenters. The summed E-state index contributed by atoms with van der Waals surface area (Å²) >= 11 is 0. The lowest BCUT2D eigenvalue weighted by atomic mass is 10.2. The van der Waals surface area contributed by atoms with Crippen LogP contribution in [0.1, 0.15) is 10.4 Å². The summed E-state index contributed by atoms with van der Waals surface area (Å²) in [4.78, 5) is 10.6. The van der Waals surface area contributed by atoms with E-state index in [-0.39, 0.29) is 0 Å². The second-order valence-corrected chi connectivity index (χ2v) is 3.75. The Balaban J connectivity index is 2.41. The normalized spacial score (nSPS) is 10.4. The molecular weight excluding hydrogens is 280 g/mol. The quantitative estimate of drug-likeness (QED) is 0.874. The van der Waals surface area contributed by atoms with Crippen molar-refractivity contribution < 1.29 is 32.2 Å². The van der Waals surface area contributed by atoms with E-state index in [0.717, 1.165) is 12.1 Å². The summed E-state index contributed by atoms with van der Waals surface area (Å²) in [7, 11) is 0. The fourth-order valence-electron chi connectivity index (χ4n) is 1.45. The van der Waals surface area contributed by atoms with Crippen LogP contribution < -0.4 is 4.74 Å². The maximum Gasteiger partial charge on any atom is 0.335 e. The van der Waals surface area contributed by atoms with Crippen molar-refractivity contribution in [1.82, 2.24) is 0 Å². The number of carbonyl (C=O) groups is 1. The first-order valence-electron chi connectivity index (χ1n) is 5.23. The molecule has 7 heteroatoms. The smallest absolute Gasteiger partial charge is 0.335 e. The Morgan fingerprint density at radius 2 is 1.55 bits per heavy atom. The maximum absolute atomic E-state index is 13.5. The molecule has 20 heavy (non-hydrogen) atoms. The average molecular weight is 286 g/mol. The Kier molecular flexibility index (Phi) is 3.60. The Morgan fingerprint density at radius 3 is 2.05 bits per heavy atom. The third-order valence-corrected chi connectivity index (χ3v) is 2.35. The number of carboxylic acid groups (broad SMARTS) is 1. The van der Waals surface area contributed by atoms with Crippen LogP contribution in [-0.4, -0.2) is 11.1 Å². The summed E-state index contributed by atoms with van der Waals surface area (Å²) < 4.78 is 57.7. The fraction of sp³-hybridized carbons (Fsp3) is 0. The van der Waals surface area contributed by atoms with Crippen molar-refractivity contribution in [3.8, 4) is 11.5 Å². The zero-order valence-electron chi connectivity index (χ0n) is 9.66. The van der Waals surface area contributed by atoms with Gasteiger partial charge in [-0.25, -0.2) is 22.4 Å². The topological polar surface area (TPSA) is 46.5 Å². The molecule has 0 unspecified atom stereocenters. The van der Waals surface area contributed by atoms with Gasteiger partial charge in [-0.05, 0) is 24.3 Å². The lowest BCUT2D eigenvalue weighted by Gasteiger charge is -2.09. The van der Waals surface area contributed by atoms with Gasteiger partial charge in [0, 0.05) is 6.07 Å². The van der Waals surface area contributed by atoms with Gasteiger partial charge in [-0.2, -0.15) is 0 Å². The van der Waals surface area contributed by atoms with Gasteiger partial charge in [0.05, 0.1) is 5.56 Å². The SMILES string of the molecule is O=C(O)c1cc(F)c(Oc2ccc(F)cc2F)c(F)c1. The van der Waals surface area contributed by atoms with Crippen LogP contribution in [0.3, 0.4) is 0 Å². The largest absolute Gasteiger partial charge is 0.478 e. The van der Waals surface area contributed by atoms with Gasteiger partial charge in [-0.3, -0.25) is 0 Å². The van der Waals surface area contributed by atoms with Crippen LogP contribution in [0, 0.1) is 23.3 Å². The van der Waals surface area contributed by atoms with E-state index >= 15 is 0 Å². The Morgan fingerprint density at radius 1 is 0.950 bits per heavy atom. The number of carboxylic acids is 1. The highest BCUT2D eigenvalue weighted by molar-refractivity contribution is 5.87. The zero-order chi connectivity index (χ0) is 14.9. The van der Waals surface area contributed by atoms with Gasteiger partial charge < -0.3 is 9.84 Å². The van der Waals surface area contributed by atoms with E-state index in [2.05, 4.69) is 4.74 Å². The third kappa shape index (κ3) is 2.71. The van der Waals surface area contributed by atoms with E-state index in [1.54, 1.807) is 0 Å². The van der Waals surface area contributed by atoms with E-state index in [9.17, 15) is 22.4 Å². The van der Waals surface area contributed by atoms with Crippen molar-refractivity contribution in [3.05, 3.63) is 59.2 Å². The van der Waals surface area contributed by atoms with E-state index in [1.807, 2.05) is 0 Å². The Bertz CT molecular complexity index is 662. The molecule has 0 spiro atoms. The average Bonchev–Trinajstić information content (AvgIpc) is 2.35. The van der Waals surface area contributed by atoms with Crippen molar-refractivity contribution >= 4 is 5.97 Å². The Labute approximate surface area is 110 Å². The van der Waals surface area contributed by atoms with Crippen molar-refractivity contribution in [2.24, 2.45) is 0 Å². The molecule has 0 saturated carbocycles. The van der Waals surface area contributed by atoms with Crippen LogP contribution in [0.2, 0.25) is 0 Å². The zero-order valence-corrected chi connectivity index (χ0v) is 9.66. The molecule has 0 aliphatic rings. The van der Waals surface area contributed by atoms with Crippen molar-refractivity contribution in [2.45, 2.75) is 0 Å². The molecule has 2 aromatic carbocycles. The molecular formula is C13H6F4O3. The number of aromatic carboxylic acids is 1. The van der Waals surface area contributed by atoms with Gasteiger partial charge in [0.25, 0.3) is 0 Å². The second-order valence-electron chi connectivity index (χ2n) is 3.75. The van der Waals surface area contributed by atoms with Crippen molar-refractivity contribution in [3.63, 3.8) is 0 Å². The second kappa shape index (κ2) is 5.20. The monoisotopic (exact) mass is 286 g/mol. The summed E-state index contributed by atoms with van der Waals surface area (Å²) in [5.41, 5.74) is -0.619. The van der Waals surface area contributed by atoms with E-state index in [1.165, 1.54) is 0 Å². The predicted molar refractivity (Wildman–Crippen MR) is 59.7 cm³/mol. The predicted octanol–water partition coefficient (Wildman–Crippen LogP) is 3.73. The van der Waals surface area contributed by atoms with Gasteiger partial charge in [0.2, 0.25) is 0 Å². The first kappa shape index (κ1) is 13.9. The molecule has 3 nitrogen and oxygen atoms in total. The molecule has 0 amide bonds. The first-order chi connectivity index (χ1) is 9.38. The Hall–Kier alpha value is -2.57. The van der Waals surface area contributed by atoms with Crippen LogP contribution in [0.5, 0.6) is 11.5 Å². The highest BCUT2D eigenvalue weighted by Crippen LogP contribution is 2.30. The molecule has 104 valence electrons. The third-order valence-electron chi connectivity index (χ3n) is 2.35. The minimum Gasteiger partial charge on any atom is -0.478 e. The molecule has 2 rings (SSSR count). The van der Waals surface area contributed by atoms with Crippen molar-refractivity contribution in [2.75, 3.05) is 0 Å². The van der Waals surface area contributed by atoms with Gasteiger partial charge in [-0.1, -0.05) is 0 Å². The van der Waals surface area contributed by atoms with Crippen molar-refractivity contribution in [1.29, 1.82) is 0 Å². The minimum absolute atomic E-state index is 0.483. The summed E-state index contributed by atoms with van der Waals surface area (Å²) in [5.74, 6) is -7.74. The number of halogens is 4. The summed E-state index contributed by atoms with van der Waals surface area (Å²) in [5, 5.41) is 8.61. The number of hydrogen-bond donors (Lipinski definition) is 1. The number of rotatable bonds is 3. The van der Waals surface area contributed by atoms with Crippen LogP contribution in [0.4, 0.5) is 17.6 Å². The molecule has 1 N–H and O–H groups in total. The van der Waals surface area contributed by atoms with Crippen LogP contribution >= 0.6 is 0 Å². The van der Waals surface area contributed by atoms with Crippen LogP contribution in [0.15, 0.2) is 30.3 Å². The molecule has 0 saturated heterocycles. The summed E-state index contributed by atoms with van der Waals surface area (Å²) in [6.45, 7) is 0. The molecule has 0 heterocycles. The van der Waals surface area contributed by atoms with Gasteiger partial charge in [0.1, 0.15) is 5.82 Å². The van der Waals surface area contributed by atoms with Gasteiger partial charge in [-0.15, -0.1) is 0 Å². The summed E-state index contributed by atoms with van der Waals surface area (Å²) in [6, 6.07) is 3.25. The van der Waals surface area contributed by atoms with E-state index in [0.29, 0.717) is 18.2 Å². The molecule has 0 aromatic heterocycles. The van der Waals surface area contributed by atoms with Crippen LogP contribution in [0.25, 0.3) is 0 Å². The summed E-state index contributed by atoms with van der Waals surface area (Å²) in [6.07, 6.45) is 0. The van der Waals surface area contributed by atoms with Gasteiger partial charge >= 0.3 is 5.97 Å². The number of hydrogen-bond acceptors (Lipinski definition) is 2. The molecule has 0 fully saturated rings. The molecule has 0 aliphatic carbocycles. The standard InChI is InChI=1S/C13H6F4O3/c14-7-1-2-11(8(15)5-7)20-12-9(16)3-6(13(18)19)4-10(12)17/h1-5H,(H,18,19). The lowest BCUT2D eigenvalue weighted by Crippen LogP contribution is -2.01. The van der Waals surface area contributed by atoms with E-state index in [4.69, 9.17) is 5.11 Å². The fourth-order valence-corrected chi connectivity index (χ4v) is 1.45. The highest BCUT2D eigenvalue weighted by Gasteiger charge is 2.18. The molecule has 0 aliphatic heterocycles. The number of ether oxygens (including phenoxy) is 1. The lowest BCUT2D eigenvalue weighted by molar-refractivity contribution is 0.0695. The maximum atomic E-state index is 13.5. The van der Waals surface area contributed by atoms with Crippen LogP contribution in [-0.2, 0) is 0 Å². The first-order valence-corrected chi connectivity index (χ1v) is 5.23. The minimum atomic E-state index is -1.53. The molecule has 0 bridgehead atoms. The highest BCUT2D eigenvalue weighted by atomic mass is 19.1. The van der Waals surface area contributed by atoms with E-state index < -0.39 is 46.3 Å². The van der Waals surface area contributed by atoms with Gasteiger partial charge in [0.15, 0.2) is 29.0 Å².